The van der Waals surface area contributed by atoms with E-state index >= 15 is 0 Å². The van der Waals surface area contributed by atoms with E-state index in [1.54, 1.807) is 7.11 Å². The van der Waals surface area contributed by atoms with Gasteiger partial charge in [-0.3, -0.25) is 4.99 Å². The third kappa shape index (κ3) is 5.26. The second-order valence-electron chi connectivity index (χ2n) is 7.67. The molecule has 0 spiro atoms. The van der Waals surface area contributed by atoms with Gasteiger partial charge in [0.1, 0.15) is 0 Å². The van der Waals surface area contributed by atoms with E-state index < -0.39 is 0 Å². The van der Waals surface area contributed by atoms with E-state index in [0.29, 0.717) is 5.41 Å². The predicted octanol–water partition coefficient (Wildman–Crippen LogP) is 4.36. The van der Waals surface area contributed by atoms with Crippen LogP contribution < -0.4 is 10.6 Å². The topological polar surface area (TPSA) is 45.7 Å². The van der Waals surface area contributed by atoms with Crippen LogP contribution in [-0.4, -0.2) is 39.8 Å². The summed E-state index contributed by atoms with van der Waals surface area (Å²) in [6.07, 6.45) is 7.43. The van der Waals surface area contributed by atoms with Gasteiger partial charge in [0, 0.05) is 44.3 Å². The number of halogens is 2. The minimum Gasteiger partial charge on any atom is -0.385 e. The van der Waals surface area contributed by atoms with Crippen LogP contribution in [0.4, 0.5) is 0 Å². The van der Waals surface area contributed by atoms with Gasteiger partial charge in [-0.2, -0.15) is 0 Å². The molecule has 0 radical (unpaired) electrons. The minimum absolute atomic E-state index is 0. The van der Waals surface area contributed by atoms with Gasteiger partial charge in [0.15, 0.2) is 5.96 Å². The Balaban J connectivity index is 0.00000243. The van der Waals surface area contributed by atoms with Gasteiger partial charge < -0.3 is 15.4 Å². The smallest absolute Gasteiger partial charge is 0.191 e. The summed E-state index contributed by atoms with van der Waals surface area (Å²) in [6, 6.07) is 8.26. The Kier molecular flexibility index (Phi) is 8.04. The zero-order valence-electron chi connectivity index (χ0n) is 15.8. The van der Waals surface area contributed by atoms with E-state index in [1.165, 1.54) is 37.7 Å². The molecule has 0 saturated heterocycles. The molecule has 146 valence electrons. The number of rotatable bonds is 8. The Labute approximate surface area is 179 Å². The van der Waals surface area contributed by atoms with Gasteiger partial charge in [0.05, 0.1) is 0 Å². The standard InChI is InChI=1S/C20H30ClN3O.HI/c1-22-18(23-14-19(7-4-8-19)11-12-25-2)24-15-20(9-10-20)16-5-3-6-17(21)13-16;/h3,5-6,13H,4,7-12,14-15H2,1-2H3,(H2,22,23,24);1H. The van der Waals surface area contributed by atoms with Crippen LogP contribution in [0.25, 0.3) is 0 Å². The van der Waals surface area contributed by atoms with E-state index in [0.717, 1.165) is 37.1 Å². The van der Waals surface area contributed by atoms with Crippen LogP contribution in [-0.2, 0) is 10.2 Å². The highest BCUT2D eigenvalue weighted by atomic mass is 127. The van der Waals surface area contributed by atoms with Gasteiger partial charge in [-0.05, 0) is 55.2 Å². The summed E-state index contributed by atoms with van der Waals surface area (Å²) in [4.78, 5) is 4.41. The largest absolute Gasteiger partial charge is 0.385 e. The highest BCUT2D eigenvalue weighted by molar-refractivity contribution is 14.0. The minimum atomic E-state index is 0. The molecule has 2 saturated carbocycles. The Morgan fingerprint density at radius 2 is 1.92 bits per heavy atom. The molecule has 0 bridgehead atoms. The molecule has 1 aromatic carbocycles. The fraction of sp³-hybridized carbons (Fsp3) is 0.650. The van der Waals surface area contributed by atoms with Crippen molar-refractivity contribution in [2.75, 3.05) is 33.9 Å². The molecule has 3 rings (SSSR count). The number of hydrogen-bond donors (Lipinski definition) is 2. The van der Waals surface area contributed by atoms with Gasteiger partial charge in [-0.15, -0.1) is 24.0 Å². The number of ether oxygens (including phenoxy) is 1. The lowest BCUT2D eigenvalue weighted by Gasteiger charge is -2.42. The lowest BCUT2D eigenvalue weighted by Crippen LogP contribution is -2.48. The van der Waals surface area contributed by atoms with Crippen molar-refractivity contribution in [3.8, 4) is 0 Å². The van der Waals surface area contributed by atoms with Crippen LogP contribution in [0.15, 0.2) is 29.3 Å². The van der Waals surface area contributed by atoms with Crippen molar-refractivity contribution in [1.82, 2.24) is 10.6 Å². The van der Waals surface area contributed by atoms with Crippen LogP contribution in [0, 0.1) is 5.41 Å². The molecular weight excluding hydrogens is 461 g/mol. The Hall–Kier alpha value is -0.530. The molecule has 26 heavy (non-hydrogen) atoms. The summed E-state index contributed by atoms with van der Waals surface area (Å²) in [6.45, 7) is 2.71. The maximum absolute atomic E-state index is 6.17. The predicted molar refractivity (Wildman–Crippen MR) is 120 cm³/mol. The zero-order valence-corrected chi connectivity index (χ0v) is 18.9. The molecule has 0 heterocycles. The monoisotopic (exact) mass is 491 g/mol. The van der Waals surface area contributed by atoms with Crippen molar-refractivity contribution >= 4 is 41.5 Å². The first-order valence-corrected chi connectivity index (χ1v) is 9.69. The van der Waals surface area contributed by atoms with Gasteiger partial charge in [-0.25, -0.2) is 0 Å². The Morgan fingerprint density at radius 3 is 2.46 bits per heavy atom. The lowest BCUT2D eigenvalue weighted by molar-refractivity contribution is 0.0732. The number of hydrogen-bond acceptors (Lipinski definition) is 2. The molecule has 2 aliphatic carbocycles. The highest BCUT2D eigenvalue weighted by Crippen LogP contribution is 2.48. The average Bonchev–Trinajstić information content (AvgIpc) is 3.37. The first-order chi connectivity index (χ1) is 12.1. The summed E-state index contributed by atoms with van der Waals surface area (Å²) in [5, 5.41) is 7.89. The number of aliphatic imine (C=N–C) groups is 1. The second kappa shape index (κ2) is 9.60. The van der Waals surface area contributed by atoms with Crippen molar-refractivity contribution in [1.29, 1.82) is 0 Å². The van der Waals surface area contributed by atoms with Crippen molar-refractivity contribution in [2.45, 2.75) is 43.9 Å². The van der Waals surface area contributed by atoms with Crippen molar-refractivity contribution in [3.63, 3.8) is 0 Å². The maximum atomic E-state index is 6.17. The van der Waals surface area contributed by atoms with E-state index in [-0.39, 0.29) is 29.4 Å². The number of methoxy groups -OCH3 is 1. The summed E-state index contributed by atoms with van der Waals surface area (Å²) in [5.74, 6) is 0.900. The third-order valence-electron chi connectivity index (χ3n) is 5.99. The molecule has 0 atom stereocenters. The molecule has 0 aromatic heterocycles. The molecular formula is C20H31ClIN3O. The first kappa shape index (κ1) is 21.8. The van der Waals surface area contributed by atoms with Crippen molar-refractivity contribution < 1.29 is 4.74 Å². The summed E-state index contributed by atoms with van der Waals surface area (Å²) < 4.78 is 5.28. The lowest BCUT2D eigenvalue weighted by atomic mass is 9.67. The van der Waals surface area contributed by atoms with E-state index in [9.17, 15) is 0 Å². The molecule has 1 aromatic rings. The maximum Gasteiger partial charge on any atom is 0.191 e. The number of nitrogens with zero attached hydrogens (tertiary/aromatic N) is 1. The number of benzene rings is 1. The van der Waals surface area contributed by atoms with Crippen molar-refractivity contribution in [2.24, 2.45) is 10.4 Å². The SMILES string of the molecule is CN=C(NCC1(CCOC)CCC1)NCC1(c2cccc(Cl)c2)CC1.I. The fourth-order valence-corrected chi connectivity index (χ4v) is 3.98. The average molecular weight is 492 g/mol. The van der Waals surface area contributed by atoms with E-state index in [2.05, 4.69) is 27.8 Å². The first-order valence-electron chi connectivity index (χ1n) is 9.31. The second-order valence-corrected chi connectivity index (χ2v) is 8.10. The van der Waals surface area contributed by atoms with Gasteiger partial charge in [-0.1, -0.05) is 30.2 Å². The normalized spacial score (nSPS) is 19.9. The molecule has 2 N–H and O–H groups in total. The summed E-state index contributed by atoms with van der Waals surface area (Å²) in [7, 11) is 3.63. The Morgan fingerprint density at radius 1 is 1.19 bits per heavy atom. The molecule has 0 amide bonds. The third-order valence-corrected chi connectivity index (χ3v) is 6.23. The van der Waals surface area contributed by atoms with Crippen LogP contribution >= 0.6 is 35.6 Å². The Bertz CT molecular complexity index is 615. The number of guanidine groups is 1. The molecule has 2 fully saturated rings. The van der Waals surface area contributed by atoms with Gasteiger partial charge >= 0.3 is 0 Å². The fourth-order valence-electron chi connectivity index (χ4n) is 3.79. The number of nitrogens with one attached hydrogen (secondary N) is 2. The molecule has 0 unspecified atom stereocenters. The zero-order chi connectivity index (χ0) is 17.8. The van der Waals surface area contributed by atoms with E-state index in [4.69, 9.17) is 16.3 Å². The van der Waals surface area contributed by atoms with Crippen LogP contribution in [0.3, 0.4) is 0 Å². The molecule has 2 aliphatic rings. The van der Waals surface area contributed by atoms with Gasteiger partial charge in [0.2, 0.25) is 0 Å². The van der Waals surface area contributed by atoms with Crippen LogP contribution in [0.5, 0.6) is 0 Å². The quantitative estimate of drug-likeness (QED) is 0.323. The molecule has 4 nitrogen and oxygen atoms in total. The molecule has 6 heteroatoms. The highest BCUT2D eigenvalue weighted by Gasteiger charge is 2.44. The van der Waals surface area contributed by atoms with E-state index in [1.807, 2.05) is 19.2 Å². The summed E-state index contributed by atoms with van der Waals surface area (Å²) in [5.41, 5.74) is 1.93. The van der Waals surface area contributed by atoms with Gasteiger partial charge in [0.25, 0.3) is 0 Å². The van der Waals surface area contributed by atoms with Crippen molar-refractivity contribution in [3.05, 3.63) is 34.9 Å². The van der Waals surface area contributed by atoms with Crippen LogP contribution in [0.1, 0.15) is 44.1 Å². The molecule has 0 aliphatic heterocycles. The van der Waals surface area contributed by atoms with Crippen LogP contribution in [0.2, 0.25) is 5.02 Å². The summed E-state index contributed by atoms with van der Waals surface area (Å²) >= 11 is 6.17.